The maximum atomic E-state index is 13.9. The van der Waals surface area contributed by atoms with Crippen molar-refractivity contribution in [3.8, 4) is 17.2 Å². The van der Waals surface area contributed by atoms with E-state index in [1.165, 1.54) is 0 Å². The molecule has 2 fully saturated rings. The third-order valence-electron chi connectivity index (χ3n) is 9.76. The van der Waals surface area contributed by atoms with Crippen molar-refractivity contribution in [2.24, 2.45) is 5.41 Å². The van der Waals surface area contributed by atoms with Crippen LogP contribution in [-0.4, -0.2) is 86.6 Å². The smallest absolute Gasteiger partial charge is 0.274 e. The van der Waals surface area contributed by atoms with Crippen molar-refractivity contribution >= 4 is 54.7 Å². The van der Waals surface area contributed by atoms with Gasteiger partial charge < -0.3 is 24.5 Å². The minimum absolute atomic E-state index is 0.0376. The number of carbonyl (C=O) groups excluding carboxylic acids is 1. The number of fused-ring (bicyclic) bond motifs is 4. The Kier molecular flexibility index (Phi) is 7.42. The zero-order valence-corrected chi connectivity index (χ0v) is 26.2. The van der Waals surface area contributed by atoms with Crippen LogP contribution in [0.25, 0.3) is 21.7 Å². The van der Waals surface area contributed by atoms with E-state index in [9.17, 15) is 18.3 Å². The summed E-state index contributed by atoms with van der Waals surface area (Å²) in [5.41, 5.74) is 2.79. The summed E-state index contributed by atoms with van der Waals surface area (Å²) in [4.78, 5) is 21.1. The molecule has 7 rings (SSSR count). The Hall–Kier alpha value is -3.47. The first-order valence-electron chi connectivity index (χ1n) is 15.1. The predicted molar refractivity (Wildman–Crippen MR) is 172 cm³/mol. The number of aromatic hydroxyl groups is 1. The van der Waals surface area contributed by atoms with Gasteiger partial charge in [0.05, 0.1) is 24.3 Å². The number of sulfone groups is 1. The molecule has 3 aliphatic rings. The highest BCUT2D eigenvalue weighted by Crippen LogP contribution is 2.46. The number of alkyl halides is 1. The van der Waals surface area contributed by atoms with E-state index in [1.54, 1.807) is 18.1 Å². The van der Waals surface area contributed by atoms with Crippen LogP contribution in [0.15, 0.2) is 48.5 Å². The number of ether oxygens (including phenoxy) is 2. The molecule has 2 N–H and O–H groups in total. The largest absolute Gasteiger partial charge is 0.507 e. The predicted octanol–water partition coefficient (Wildman–Crippen LogP) is 5.30. The molecule has 4 aromatic rings. The number of hydrogen-bond donors (Lipinski definition) is 2. The summed E-state index contributed by atoms with van der Waals surface area (Å²) in [6, 6.07) is 14.8. The number of phenolic OH excluding ortho intramolecular Hbond substituents is 1. The van der Waals surface area contributed by atoms with Crippen molar-refractivity contribution in [2.45, 2.75) is 25.2 Å². The number of nitrogens with zero attached hydrogens (tertiary/aromatic N) is 2. The number of halogens is 1. The number of phenols is 1. The molecular formula is C33H36ClN3O6S. The standard InChI is InChI=1S/C33H36ClN3O6S/c1-42-29-16-25-21(15-30(29)43-12-11-36-9-6-33(7-10-36)8-13-44(40,41)20-33)14-26(35-25)32(39)37-19-22(18-34)31-24-5-3-2-4-23(24)28(38)17-27(31)37/h2-5,14-17,22,35,38H,6-13,18-20H2,1H3. The normalized spacial score (nSPS) is 20.9. The molecule has 0 aliphatic carbocycles. The summed E-state index contributed by atoms with van der Waals surface area (Å²) in [6.07, 6.45) is 2.60. The quantitative estimate of drug-likeness (QED) is 0.265. The molecule has 1 spiro atoms. The fourth-order valence-electron chi connectivity index (χ4n) is 7.33. The number of rotatable bonds is 7. The van der Waals surface area contributed by atoms with Crippen LogP contribution in [0.5, 0.6) is 17.2 Å². The Balaban J connectivity index is 1.07. The van der Waals surface area contributed by atoms with Crippen molar-refractivity contribution < 1.29 is 27.8 Å². The lowest BCUT2D eigenvalue weighted by Gasteiger charge is -2.38. The number of H-pyrrole nitrogens is 1. The molecule has 3 aromatic carbocycles. The topological polar surface area (TPSA) is 112 Å². The highest BCUT2D eigenvalue weighted by molar-refractivity contribution is 7.91. The fraction of sp³-hybridized carbons (Fsp3) is 0.424. The lowest BCUT2D eigenvalue weighted by atomic mass is 9.78. The third kappa shape index (κ3) is 5.16. The fourth-order valence-corrected chi connectivity index (χ4v) is 9.84. The van der Waals surface area contributed by atoms with Gasteiger partial charge in [0.15, 0.2) is 21.3 Å². The van der Waals surface area contributed by atoms with Crippen LogP contribution in [0.1, 0.15) is 41.2 Å². The first-order chi connectivity index (χ1) is 21.2. The molecule has 232 valence electrons. The van der Waals surface area contributed by atoms with Crippen LogP contribution in [0, 0.1) is 5.41 Å². The first-order valence-corrected chi connectivity index (χ1v) is 17.4. The van der Waals surface area contributed by atoms with Crippen LogP contribution in [0.4, 0.5) is 5.69 Å². The number of hydrogen-bond acceptors (Lipinski definition) is 7. The van der Waals surface area contributed by atoms with E-state index < -0.39 is 9.84 Å². The minimum atomic E-state index is -2.88. The molecule has 1 aromatic heterocycles. The van der Waals surface area contributed by atoms with E-state index >= 15 is 0 Å². The van der Waals surface area contributed by atoms with E-state index in [0.717, 1.165) is 66.1 Å². The summed E-state index contributed by atoms with van der Waals surface area (Å²) in [6.45, 7) is 3.36. The van der Waals surface area contributed by atoms with Gasteiger partial charge in [-0.3, -0.25) is 9.69 Å². The molecule has 9 nitrogen and oxygen atoms in total. The molecule has 4 heterocycles. The van der Waals surface area contributed by atoms with E-state index in [1.807, 2.05) is 42.5 Å². The summed E-state index contributed by atoms with van der Waals surface area (Å²) in [5, 5.41) is 13.2. The van der Waals surface area contributed by atoms with Gasteiger partial charge in [-0.05, 0) is 60.8 Å². The van der Waals surface area contributed by atoms with Crippen LogP contribution in [0.2, 0.25) is 0 Å². The van der Waals surface area contributed by atoms with Gasteiger partial charge in [-0.2, -0.15) is 0 Å². The van der Waals surface area contributed by atoms with Gasteiger partial charge in [0, 0.05) is 53.3 Å². The summed E-state index contributed by atoms with van der Waals surface area (Å²) < 4.78 is 35.8. The molecule has 1 unspecified atom stereocenters. The Labute approximate surface area is 261 Å². The number of aromatic nitrogens is 1. The number of aromatic amines is 1. The number of methoxy groups -OCH3 is 1. The Morgan fingerprint density at radius 1 is 1.09 bits per heavy atom. The molecule has 0 radical (unpaired) electrons. The SMILES string of the molecule is COc1cc2[nH]c(C(=O)N3CC(CCl)c4c3cc(O)c3ccccc43)cc2cc1OCCN1CCC2(CC1)CCS(=O)(=O)C2. The van der Waals surface area contributed by atoms with Gasteiger partial charge in [0.1, 0.15) is 18.1 Å². The third-order valence-corrected chi connectivity index (χ3v) is 12.0. The Morgan fingerprint density at radius 3 is 2.57 bits per heavy atom. The molecule has 0 bridgehead atoms. The highest BCUT2D eigenvalue weighted by atomic mass is 35.5. The van der Waals surface area contributed by atoms with Crippen LogP contribution < -0.4 is 14.4 Å². The molecule has 0 saturated carbocycles. The number of piperidine rings is 1. The minimum Gasteiger partial charge on any atom is -0.507 e. The van der Waals surface area contributed by atoms with Gasteiger partial charge in [0.2, 0.25) is 0 Å². The second-order valence-electron chi connectivity index (χ2n) is 12.4. The molecule has 1 amide bonds. The zero-order valence-electron chi connectivity index (χ0n) is 24.6. The zero-order chi connectivity index (χ0) is 30.6. The maximum Gasteiger partial charge on any atom is 0.274 e. The number of benzene rings is 3. The van der Waals surface area contributed by atoms with Crippen molar-refractivity contribution in [1.82, 2.24) is 9.88 Å². The number of amides is 1. The first kappa shape index (κ1) is 29.3. The highest BCUT2D eigenvalue weighted by Gasteiger charge is 2.43. The average molecular weight is 638 g/mol. The van der Waals surface area contributed by atoms with Crippen LogP contribution >= 0.6 is 11.6 Å². The molecule has 44 heavy (non-hydrogen) atoms. The van der Waals surface area contributed by atoms with Crippen LogP contribution in [-0.2, 0) is 9.84 Å². The van der Waals surface area contributed by atoms with Crippen LogP contribution in [0.3, 0.4) is 0 Å². The van der Waals surface area contributed by atoms with Gasteiger partial charge in [0.25, 0.3) is 5.91 Å². The van der Waals surface area contributed by atoms with E-state index in [2.05, 4.69) is 9.88 Å². The lowest BCUT2D eigenvalue weighted by Crippen LogP contribution is -2.42. The van der Waals surface area contributed by atoms with Gasteiger partial charge in [-0.15, -0.1) is 11.6 Å². The maximum absolute atomic E-state index is 13.9. The number of likely N-dealkylation sites (tertiary alicyclic amines) is 1. The van der Waals surface area contributed by atoms with Gasteiger partial charge >= 0.3 is 0 Å². The van der Waals surface area contributed by atoms with Crippen molar-refractivity contribution in [1.29, 1.82) is 0 Å². The summed E-state index contributed by atoms with van der Waals surface area (Å²) in [5.74, 6) is 2.05. The molecule has 2 saturated heterocycles. The van der Waals surface area contributed by atoms with E-state index in [0.29, 0.717) is 53.4 Å². The molecular weight excluding hydrogens is 602 g/mol. The van der Waals surface area contributed by atoms with E-state index in [4.69, 9.17) is 21.1 Å². The molecule has 1 atom stereocenters. The van der Waals surface area contributed by atoms with Crippen molar-refractivity contribution in [2.75, 3.05) is 62.2 Å². The summed E-state index contributed by atoms with van der Waals surface area (Å²) in [7, 11) is -1.29. The second-order valence-corrected chi connectivity index (χ2v) is 14.9. The number of carbonyl (C=O) groups is 1. The summed E-state index contributed by atoms with van der Waals surface area (Å²) >= 11 is 6.38. The van der Waals surface area contributed by atoms with Crippen molar-refractivity contribution in [3.05, 3.63) is 59.8 Å². The van der Waals surface area contributed by atoms with Gasteiger partial charge in [-0.1, -0.05) is 24.3 Å². The molecule has 3 aliphatic heterocycles. The second kappa shape index (κ2) is 11.2. The Morgan fingerprint density at radius 2 is 1.86 bits per heavy atom. The average Bonchev–Trinajstić information content (AvgIpc) is 3.70. The van der Waals surface area contributed by atoms with E-state index in [-0.39, 0.29) is 23.0 Å². The molecule has 11 heteroatoms. The lowest BCUT2D eigenvalue weighted by molar-refractivity contribution is 0.0984. The van der Waals surface area contributed by atoms with Crippen molar-refractivity contribution in [3.63, 3.8) is 0 Å². The number of nitrogens with one attached hydrogen (secondary N) is 1. The monoisotopic (exact) mass is 637 g/mol. The number of anilines is 1. The van der Waals surface area contributed by atoms with Gasteiger partial charge in [-0.25, -0.2) is 8.42 Å². The Bertz CT molecular complexity index is 1860.